The molecule has 1 N–H and O–H groups in total. The van der Waals surface area contributed by atoms with Crippen LogP contribution in [0.25, 0.3) is 11.0 Å². The van der Waals surface area contributed by atoms with Crippen LogP contribution in [0.1, 0.15) is 24.1 Å². The molecule has 0 radical (unpaired) electrons. The van der Waals surface area contributed by atoms with Crippen molar-refractivity contribution in [1.82, 2.24) is 15.3 Å². The summed E-state index contributed by atoms with van der Waals surface area (Å²) in [7, 11) is 0. The standard InChI is InChI=1S/C16H21N3O/c1-11-3-4-14-15(9-11)19-16(12(2)18-14)20-10-13-5-7-17-8-6-13/h3-4,9,13,17H,5-8,10H2,1-2H3. The third kappa shape index (κ3) is 2.90. The van der Waals surface area contributed by atoms with Crippen molar-refractivity contribution in [3.05, 3.63) is 29.5 Å². The highest BCUT2D eigenvalue weighted by molar-refractivity contribution is 5.75. The molecule has 20 heavy (non-hydrogen) atoms. The molecule has 0 saturated carbocycles. The lowest BCUT2D eigenvalue weighted by molar-refractivity contribution is 0.207. The molecule has 1 fully saturated rings. The normalized spacial score (nSPS) is 16.5. The van der Waals surface area contributed by atoms with Gasteiger partial charge in [0.15, 0.2) is 0 Å². The van der Waals surface area contributed by atoms with Gasteiger partial charge in [-0.2, -0.15) is 0 Å². The summed E-state index contributed by atoms with van der Waals surface area (Å²) in [6, 6.07) is 6.13. The van der Waals surface area contributed by atoms with Crippen LogP contribution >= 0.6 is 0 Å². The summed E-state index contributed by atoms with van der Waals surface area (Å²) in [6.07, 6.45) is 2.36. The van der Waals surface area contributed by atoms with Crippen molar-refractivity contribution >= 4 is 11.0 Å². The van der Waals surface area contributed by atoms with Gasteiger partial charge in [-0.3, -0.25) is 0 Å². The van der Waals surface area contributed by atoms with Crippen molar-refractivity contribution in [3.8, 4) is 5.88 Å². The highest BCUT2D eigenvalue weighted by Gasteiger charge is 2.15. The summed E-state index contributed by atoms with van der Waals surface area (Å²) >= 11 is 0. The number of nitrogens with zero attached hydrogens (tertiary/aromatic N) is 2. The molecule has 1 aromatic heterocycles. The minimum absolute atomic E-state index is 0.630. The van der Waals surface area contributed by atoms with Gasteiger partial charge >= 0.3 is 0 Å². The van der Waals surface area contributed by atoms with Crippen LogP contribution in [0.4, 0.5) is 0 Å². The zero-order valence-corrected chi connectivity index (χ0v) is 12.1. The zero-order chi connectivity index (χ0) is 13.9. The Morgan fingerprint density at radius 1 is 1.15 bits per heavy atom. The molecule has 0 bridgehead atoms. The van der Waals surface area contributed by atoms with Crippen LogP contribution in [0.5, 0.6) is 5.88 Å². The number of hydrogen-bond acceptors (Lipinski definition) is 4. The molecule has 1 aliphatic heterocycles. The molecule has 1 aliphatic rings. The number of nitrogens with one attached hydrogen (secondary N) is 1. The average Bonchev–Trinajstić information content (AvgIpc) is 2.46. The van der Waals surface area contributed by atoms with Crippen molar-refractivity contribution in [2.45, 2.75) is 26.7 Å². The summed E-state index contributed by atoms with van der Waals surface area (Å²) in [5, 5.41) is 3.37. The van der Waals surface area contributed by atoms with Gasteiger partial charge in [-0.05, 0) is 63.4 Å². The minimum atomic E-state index is 0.630. The number of benzene rings is 1. The summed E-state index contributed by atoms with van der Waals surface area (Å²) < 4.78 is 5.92. The molecule has 2 heterocycles. The van der Waals surface area contributed by atoms with E-state index in [2.05, 4.69) is 34.3 Å². The number of piperidine rings is 1. The minimum Gasteiger partial charge on any atom is -0.476 e. The van der Waals surface area contributed by atoms with Crippen LogP contribution in [0.2, 0.25) is 0 Å². The van der Waals surface area contributed by atoms with Gasteiger partial charge in [0.1, 0.15) is 5.69 Å². The number of ether oxygens (including phenoxy) is 1. The Kier molecular flexibility index (Phi) is 3.83. The van der Waals surface area contributed by atoms with Gasteiger partial charge in [-0.15, -0.1) is 0 Å². The van der Waals surface area contributed by atoms with E-state index in [-0.39, 0.29) is 0 Å². The summed E-state index contributed by atoms with van der Waals surface area (Å²) in [5.41, 5.74) is 3.91. The number of aromatic nitrogens is 2. The van der Waals surface area contributed by atoms with Gasteiger partial charge in [-0.25, -0.2) is 9.97 Å². The van der Waals surface area contributed by atoms with E-state index in [0.717, 1.165) is 36.4 Å². The fourth-order valence-corrected chi connectivity index (χ4v) is 2.62. The summed E-state index contributed by atoms with van der Waals surface area (Å²) in [4.78, 5) is 9.20. The van der Waals surface area contributed by atoms with Gasteiger partial charge in [-0.1, -0.05) is 6.07 Å². The van der Waals surface area contributed by atoms with Gasteiger partial charge in [0.25, 0.3) is 0 Å². The lowest BCUT2D eigenvalue weighted by Gasteiger charge is -2.22. The van der Waals surface area contributed by atoms with Gasteiger partial charge < -0.3 is 10.1 Å². The van der Waals surface area contributed by atoms with Crippen molar-refractivity contribution < 1.29 is 4.74 Å². The maximum Gasteiger partial charge on any atom is 0.235 e. The number of fused-ring (bicyclic) bond motifs is 1. The molecule has 0 unspecified atom stereocenters. The van der Waals surface area contributed by atoms with E-state index in [1.807, 2.05) is 13.0 Å². The van der Waals surface area contributed by atoms with Crippen LogP contribution in [0.3, 0.4) is 0 Å². The third-order valence-corrected chi connectivity index (χ3v) is 3.87. The average molecular weight is 271 g/mol. The molecule has 0 spiro atoms. The van der Waals surface area contributed by atoms with Crippen LogP contribution in [0.15, 0.2) is 18.2 Å². The first-order valence-electron chi connectivity index (χ1n) is 7.31. The molecular formula is C16H21N3O. The molecule has 0 amide bonds. The Balaban J connectivity index is 1.77. The molecule has 4 nitrogen and oxygen atoms in total. The van der Waals surface area contributed by atoms with Crippen molar-refractivity contribution in [2.24, 2.45) is 5.92 Å². The van der Waals surface area contributed by atoms with E-state index in [4.69, 9.17) is 4.74 Å². The van der Waals surface area contributed by atoms with E-state index in [1.165, 1.54) is 18.4 Å². The quantitative estimate of drug-likeness (QED) is 0.932. The van der Waals surface area contributed by atoms with E-state index < -0.39 is 0 Å². The fraction of sp³-hybridized carbons (Fsp3) is 0.500. The Hall–Kier alpha value is -1.68. The second-order valence-corrected chi connectivity index (χ2v) is 5.61. The van der Waals surface area contributed by atoms with E-state index in [9.17, 15) is 0 Å². The van der Waals surface area contributed by atoms with Gasteiger partial charge in [0, 0.05) is 0 Å². The largest absolute Gasteiger partial charge is 0.476 e. The van der Waals surface area contributed by atoms with Gasteiger partial charge in [0.2, 0.25) is 5.88 Å². The summed E-state index contributed by atoms with van der Waals surface area (Å²) in [5.74, 6) is 1.31. The van der Waals surface area contributed by atoms with Crippen molar-refractivity contribution in [1.29, 1.82) is 0 Å². The zero-order valence-electron chi connectivity index (χ0n) is 12.1. The first-order chi connectivity index (χ1) is 9.72. The van der Waals surface area contributed by atoms with E-state index >= 15 is 0 Å². The monoisotopic (exact) mass is 271 g/mol. The van der Waals surface area contributed by atoms with Crippen LogP contribution in [0, 0.1) is 19.8 Å². The Labute approximate surface area is 119 Å². The van der Waals surface area contributed by atoms with Crippen molar-refractivity contribution in [3.63, 3.8) is 0 Å². The number of hydrogen-bond donors (Lipinski definition) is 1. The highest BCUT2D eigenvalue weighted by Crippen LogP contribution is 2.21. The Morgan fingerprint density at radius 2 is 1.95 bits per heavy atom. The SMILES string of the molecule is Cc1ccc2nc(C)c(OCC3CCNCC3)nc2c1. The molecule has 4 heteroatoms. The molecule has 0 aliphatic carbocycles. The van der Waals surface area contributed by atoms with Crippen LogP contribution in [-0.2, 0) is 0 Å². The maximum absolute atomic E-state index is 5.92. The second-order valence-electron chi connectivity index (χ2n) is 5.61. The summed E-state index contributed by atoms with van der Waals surface area (Å²) in [6.45, 7) is 6.96. The van der Waals surface area contributed by atoms with Gasteiger partial charge in [0.05, 0.1) is 17.6 Å². The Morgan fingerprint density at radius 3 is 2.75 bits per heavy atom. The highest BCUT2D eigenvalue weighted by atomic mass is 16.5. The smallest absolute Gasteiger partial charge is 0.235 e. The van der Waals surface area contributed by atoms with Crippen molar-refractivity contribution in [2.75, 3.05) is 19.7 Å². The lowest BCUT2D eigenvalue weighted by Crippen LogP contribution is -2.30. The topological polar surface area (TPSA) is 47.0 Å². The maximum atomic E-state index is 5.92. The van der Waals surface area contributed by atoms with E-state index in [0.29, 0.717) is 11.8 Å². The fourth-order valence-electron chi connectivity index (χ4n) is 2.62. The van der Waals surface area contributed by atoms with Crippen LogP contribution < -0.4 is 10.1 Å². The molecule has 106 valence electrons. The second kappa shape index (κ2) is 5.75. The lowest BCUT2D eigenvalue weighted by atomic mass is 9.99. The Bertz CT molecular complexity index is 606. The van der Waals surface area contributed by atoms with E-state index in [1.54, 1.807) is 0 Å². The molecule has 2 aromatic rings. The molecule has 1 aromatic carbocycles. The number of rotatable bonds is 3. The van der Waals surface area contributed by atoms with Crippen LogP contribution in [-0.4, -0.2) is 29.7 Å². The first kappa shape index (κ1) is 13.3. The molecule has 1 saturated heterocycles. The third-order valence-electron chi connectivity index (χ3n) is 3.87. The number of aryl methyl sites for hydroxylation is 2. The molecular weight excluding hydrogens is 250 g/mol. The predicted octanol–water partition coefficient (Wildman–Crippen LogP) is 2.63. The first-order valence-corrected chi connectivity index (χ1v) is 7.31. The molecule has 0 atom stereocenters. The molecule has 3 rings (SSSR count). The predicted molar refractivity (Wildman–Crippen MR) is 80.1 cm³/mol.